The van der Waals surface area contributed by atoms with Crippen LogP contribution in [0.4, 0.5) is 24.5 Å². The van der Waals surface area contributed by atoms with Gasteiger partial charge in [-0.15, -0.1) is 0 Å². The molecule has 0 spiro atoms. The molecule has 0 bridgehead atoms. The van der Waals surface area contributed by atoms with Gasteiger partial charge in [0.1, 0.15) is 5.65 Å². The first kappa shape index (κ1) is 18.5. The highest BCUT2D eigenvalue weighted by Crippen LogP contribution is 2.43. The van der Waals surface area contributed by atoms with Crippen LogP contribution in [0.3, 0.4) is 0 Å². The number of pyridine rings is 1. The highest BCUT2D eigenvalue weighted by Gasteiger charge is 2.38. The molecule has 1 atom stereocenters. The first-order chi connectivity index (χ1) is 12.2. The monoisotopic (exact) mass is 369 g/mol. The third kappa shape index (κ3) is 3.48. The Kier molecular flexibility index (Phi) is 4.83. The molecule has 9 heteroatoms. The van der Waals surface area contributed by atoms with E-state index in [9.17, 15) is 18.0 Å². The minimum atomic E-state index is -4.56. The van der Waals surface area contributed by atoms with Crippen molar-refractivity contribution >= 4 is 28.3 Å². The highest BCUT2D eigenvalue weighted by atomic mass is 19.4. The second-order valence-corrected chi connectivity index (χ2v) is 6.94. The largest absolute Gasteiger partial charge is 0.419 e. The number of carbonyl (C=O) groups excluding carboxylic acids is 1. The molecular weight excluding hydrogens is 347 g/mol. The van der Waals surface area contributed by atoms with Gasteiger partial charge in [0, 0.05) is 37.4 Å². The Labute approximate surface area is 148 Å². The minimum Gasteiger partial charge on any atom is -0.369 e. The summed E-state index contributed by atoms with van der Waals surface area (Å²) in [4.78, 5) is 20.5. The molecule has 1 amide bonds. The number of alkyl halides is 3. The maximum atomic E-state index is 13.7. The van der Waals surface area contributed by atoms with Gasteiger partial charge < -0.3 is 20.9 Å². The van der Waals surface area contributed by atoms with Crippen molar-refractivity contribution in [2.75, 3.05) is 23.3 Å². The number of fused-ring (bicyclic) bond motifs is 1. The number of piperidine rings is 1. The Morgan fingerprint density at radius 1 is 1.46 bits per heavy atom. The number of hydrogen-bond donors (Lipinski definition) is 3. The van der Waals surface area contributed by atoms with Gasteiger partial charge in [0.15, 0.2) is 0 Å². The standard InChI is InChI=1S/C17H22F3N5O/c1-9(2)16(26)24-12-7-23-15-13(12)14(11(6-22-15)17(18,19)20)25-5-3-4-10(21)8-25/h6-7,9-10H,3-5,8,21H2,1-2H3,(H,22,23)(H,24,26)/t10-/m1/s1. The minimum absolute atomic E-state index is 0.0259. The van der Waals surface area contributed by atoms with Crippen molar-refractivity contribution in [3.63, 3.8) is 0 Å². The number of aromatic amines is 1. The molecule has 0 aromatic carbocycles. The summed E-state index contributed by atoms with van der Waals surface area (Å²) >= 11 is 0. The lowest BCUT2D eigenvalue weighted by Crippen LogP contribution is -2.43. The van der Waals surface area contributed by atoms with Gasteiger partial charge in [-0.05, 0) is 12.8 Å². The number of amides is 1. The number of anilines is 2. The lowest BCUT2D eigenvalue weighted by molar-refractivity contribution is -0.137. The molecule has 26 heavy (non-hydrogen) atoms. The van der Waals surface area contributed by atoms with Gasteiger partial charge in [0.05, 0.1) is 22.3 Å². The molecule has 2 aromatic heterocycles. The van der Waals surface area contributed by atoms with E-state index >= 15 is 0 Å². The zero-order valence-electron chi connectivity index (χ0n) is 14.7. The van der Waals surface area contributed by atoms with Crippen LogP contribution in [0, 0.1) is 5.92 Å². The van der Waals surface area contributed by atoms with Crippen molar-refractivity contribution in [3.05, 3.63) is 18.0 Å². The van der Waals surface area contributed by atoms with Gasteiger partial charge in [-0.3, -0.25) is 4.79 Å². The summed E-state index contributed by atoms with van der Waals surface area (Å²) in [6.07, 6.45) is -0.765. The fourth-order valence-corrected chi connectivity index (χ4v) is 3.20. The Hall–Kier alpha value is -2.29. The summed E-state index contributed by atoms with van der Waals surface area (Å²) in [5.41, 5.74) is 5.78. The molecule has 3 heterocycles. The van der Waals surface area contributed by atoms with E-state index in [-0.39, 0.29) is 28.9 Å². The zero-order chi connectivity index (χ0) is 19.1. The maximum absolute atomic E-state index is 13.7. The molecule has 0 saturated carbocycles. The third-order valence-electron chi connectivity index (χ3n) is 4.54. The quantitative estimate of drug-likeness (QED) is 0.776. The van der Waals surface area contributed by atoms with Crippen LogP contribution < -0.4 is 16.0 Å². The number of H-pyrrole nitrogens is 1. The van der Waals surface area contributed by atoms with Crippen LogP contribution in [-0.2, 0) is 11.0 Å². The van der Waals surface area contributed by atoms with Crippen LogP contribution in [0.25, 0.3) is 11.0 Å². The van der Waals surface area contributed by atoms with Crippen LogP contribution in [0.1, 0.15) is 32.3 Å². The van der Waals surface area contributed by atoms with E-state index < -0.39 is 11.7 Å². The van der Waals surface area contributed by atoms with E-state index in [0.717, 1.165) is 12.6 Å². The van der Waals surface area contributed by atoms with E-state index in [0.29, 0.717) is 30.8 Å². The summed E-state index contributed by atoms with van der Waals surface area (Å²) in [5.74, 6) is -0.574. The molecule has 6 nitrogen and oxygen atoms in total. The second kappa shape index (κ2) is 6.79. The third-order valence-corrected chi connectivity index (χ3v) is 4.54. The molecule has 1 aliphatic rings. The van der Waals surface area contributed by atoms with Crippen molar-refractivity contribution in [1.82, 2.24) is 9.97 Å². The molecule has 142 valence electrons. The van der Waals surface area contributed by atoms with Crippen molar-refractivity contribution in [2.24, 2.45) is 11.7 Å². The molecule has 4 N–H and O–H groups in total. The fourth-order valence-electron chi connectivity index (χ4n) is 3.20. The lowest BCUT2D eigenvalue weighted by Gasteiger charge is -2.34. The first-order valence-corrected chi connectivity index (χ1v) is 8.57. The number of hydrogen-bond acceptors (Lipinski definition) is 4. The van der Waals surface area contributed by atoms with E-state index in [4.69, 9.17) is 5.73 Å². The van der Waals surface area contributed by atoms with Crippen LogP contribution in [0.15, 0.2) is 12.4 Å². The van der Waals surface area contributed by atoms with Crippen molar-refractivity contribution in [2.45, 2.75) is 38.9 Å². The van der Waals surface area contributed by atoms with Crippen LogP contribution in [0.2, 0.25) is 0 Å². The average Bonchev–Trinajstić information content (AvgIpc) is 2.96. The Bertz CT molecular complexity index is 815. The van der Waals surface area contributed by atoms with Gasteiger partial charge in [0.25, 0.3) is 0 Å². The summed E-state index contributed by atoms with van der Waals surface area (Å²) in [5, 5.41) is 2.96. The summed E-state index contributed by atoms with van der Waals surface area (Å²) in [7, 11) is 0. The second-order valence-electron chi connectivity index (χ2n) is 6.94. The molecular formula is C17H22F3N5O. The predicted octanol–water partition coefficient (Wildman–Crippen LogP) is 3.10. The van der Waals surface area contributed by atoms with E-state index in [1.807, 2.05) is 0 Å². The SMILES string of the molecule is CC(C)C(=O)Nc1c[nH]c2ncc(C(F)(F)F)c(N3CCC[C@@H](N)C3)c12. The smallest absolute Gasteiger partial charge is 0.369 e. The molecule has 2 aromatic rings. The topological polar surface area (TPSA) is 87.0 Å². The van der Waals surface area contributed by atoms with Gasteiger partial charge in [-0.1, -0.05) is 13.8 Å². The van der Waals surface area contributed by atoms with Gasteiger partial charge >= 0.3 is 6.18 Å². The van der Waals surface area contributed by atoms with Gasteiger partial charge in [-0.25, -0.2) is 4.98 Å². The lowest BCUT2D eigenvalue weighted by atomic mass is 10.0. The number of aromatic nitrogens is 2. The molecule has 0 radical (unpaired) electrons. The number of halogens is 3. The van der Waals surface area contributed by atoms with Gasteiger partial charge in [-0.2, -0.15) is 13.2 Å². The molecule has 1 saturated heterocycles. The maximum Gasteiger partial charge on any atom is 0.419 e. The highest BCUT2D eigenvalue weighted by molar-refractivity contribution is 6.07. The van der Waals surface area contributed by atoms with Crippen molar-refractivity contribution in [3.8, 4) is 0 Å². The zero-order valence-corrected chi connectivity index (χ0v) is 14.7. The average molecular weight is 369 g/mol. The van der Waals surface area contributed by atoms with Crippen molar-refractivity contribution < 1.29 is 18.0 Å². The number of carbonyl (C=O) groups is 1. The number of nitrogens with zero attached hydrogens (tertiary/aromatic N) is 2. The van der Waals surface area contributed by atoms with E-state index in [2.05, 4.69) is 15.3 Å². The Morgan fingerprint density at radius 2 is 2.19 bits per heavy atom. The van der Waals surface area contributed by atoms with Crippen LogP contribution >= 0.6 is 0 Å². The van der Waals surface area contributed by atoms with E-state index in [1.54, 1.807) is 18.7 Å². The van der Waals surface area contributed by atoms with Crippen molar-refractivity contribution in [1.29, 1.82) is 0 Å². The molecule has 3 rings (SSSR count). The molecule has 0 unspecified atom stereocenters. The summed E-state index contributed by atoms with van der Waals surface area (Å²) in [6, 6.07) is -0.194. The van der Waals surface area contributed by atoms with Crippen LogP contribution in [-0.4, -0.2) is 35.0 Å². The molecule has 1 fully saturated rings. The predicted molar refractivity (Wildman–Crippen MR) is 94.0 cm³/mol. The van der Waals surface area contributed by atoms with E-state index in [1.165, 1.54) is 6.20 Å². The summed E-state index contributed by atoms with van der Waals surface area (Å²) < 4.78 is 41.0. The Morgan fingerprint density at radius 3 is 2.81 bits per heavy atom. The Balaban J connectivity index is 2.18. The fraction of sp³-hybridized carbons (Fsp3) is 0.529. The first-order valence-electron chi connectivity index (χ1n) is 8.57. The molecule has 0 aliphatic carbocycles. The van der Waals surface area contributed by atoms with Crippen LogP contribution in [0.5, 0.6) is 0 Å². The number of nitrogens with one attached hydrogen (secondary N) is 2. The number of nitrogens with two attached hydrogens (primary N) is 1. The summed E-state index contributed by atoms with van der Waals surface area (Å²) in [6.45, 7) is 4.23. The normalized spacial score (nSPS) is 18.6. The number of rotatable bonds is 3. The van der Waals surface area contributed by atoms with Gasteiger partial charge in [0.2, 0.25) is 5.91 Å². The molecule has 1 aliphatic heterocycles.